The van der Waals surface area contributed by atoms with E-state index in [0.717, 1.165) is 6.07 Å². The lowest BCUT2D eigenvalue weighted by Crippen LogP contribution is -2.54. The van der Waals surface area contributed by atoms with Crippen molar-refractivity contribution in [2.75, 3.05) is 19.5 Å². The molecule has 4 aromatic rings. The number of rotatable bonds is 8. The smallest absolute Gasteiger partial charge is 0.265 e. The SMILES string of the molecule is COc1cc(Nc2c(C#N)cnc3cc(OCc4cc(F)c5c(c4)C(=O)N(C4CCC(=O)NC4=O)C5=O)c(OC)cc23)c(Cl)cc1Cl. The van der Waals surface area contributed by atoms with Crippen LogP contribution in [0.2, 0.25) is 10.0 Å². The van der Waals surface area contributed by atoms with Gasteiger partial charge >= 0.3 is 0 Å². The molecule has 2 N–H and O–H groups in total. The number of carbonyl (C=O) groups excluding carboxylic acids is 4. The number of nitrogens with one attached hydrogen (secondary N) is 2. The monoisotopic (exact) mass is 677 g/mol. The Morgan fingerprint density at radius 3 is 2.49 bits per heavy atom. The second-order valence-corrected chi connectivity index (χ2v) is 11.3. The van der Waals surface area contributed by atoms with Gasteiger partial charge in [0.05, 0.1) is 57.8 Å². The molecule has 4 amide bonds. The van der Waals surface area contributed by atoms with Gasteiger partial charge in [0.2, 0.25) is 11.8 Å². The number of amides is 4. The molecule has 6 rings (SSSR count). The van der Waals surface area contributed by atoms with Gasteiger partial charge in [-0.05, 0) is 36.2 Å². The summed E-state index contributed by atoms with van der Waals surface area (Å²) in [5.74, 6) is -3.26. The Bertz CT molecular complexity index is 2080. The first-order valence-electron chi connectivity index (χ1n) is 13.9. The molecule has 3 aromatic carbocycles. The van der Waals surface area contributed by atoms with Crippen molar-refractivity contribution in [3.8, 4) is 23.3 Å². The van der Waals surface area contributed by atoms with Crippen molar-refractivity contribution in [3.05, 3.63) is 80.7 Å². The Morgan fingerprint density at radius 1 is 1.02 bits per heavy atom. The van der Waals surface area contributed by atoms with Crippen molar-refractivity contribution in [3.63, 3.8) is 0 Å². The zero-order valence-corrected chi connectivity index (χ0v) is 26.1. The summed E-state index contributed by atoms with van der Waals surface area (Å²) in [6, 6.07) is 9.52. The van der Waals surface area contributed by atoms with E-state index in [9.17, 15) is 24.4 Å². The van der Waals surface area contributed by atoms with E-state index in [4.69, 9.17) is 37.4 Å². The number of hydrogen-bond donors (Lipinski definition) is 2. The average molecular weight is 678 g/mol. The van der Waals surface area contributed by atoms with Gasteiger partial charge < -0.3 is 19.5 Å². The highest BCUT2D eigenvalue weighted by Crippen LogP contribution is 2.41. The van der Waals surface area contributed by atoms with Crippen LogP contribution in [0.5, 0.6) is 17.2 Å². The van der Waals surface area contributed by atoms with Gasteiger partial charge in [-0.1, -0.05) is 23.2 Å². The first-order valence-corrected chi connectivity index (χ1v) is 14.7. The Balaban J connectivity index is 1.30. The van der Waals surface area contributed by atoms with Gasteiger partial charge in [0.15, 0.2) is 11.5 Å². The van der Waals surface area contributed by atoms with Gasteiger partial charge in [-0.3, -0.25) is 34.4 Å². The van der Waals surface area contributed by atoms with Crippen LogP contribution < -0.4 is 24.8 Å². The summed E-state index contributed by atoms with van der Waals surface area (Å²) in [4.78, 5) is 55.2. The number of nitrogens with zero attached hydrogens (tertiary/aromatic N) is 3. The van der Waals surface area contributed by atoms with Gasteiger partial charge in [0, 0.05) is 30.1 Å². The second kappa shape index (κ2) is 12.4. The number of carbonyl (C=O) groups is 4. The summed E-state index contributed by atoms with van der Waals surface area (Å²) in [6.45, 7) is -0.243. The normalized spacial score (nSPS) is 15.7. The van der Waals surface area contributed by atoms with E-state index in [-0.39, 0.29) is 52.7 Å². The molecule has 0 spiro atoms. The Hall–Kier alpha value is -5.45. The Labute approximate surface area is 275 Å². The summed E-state index contributed by atoms with van der Waals surface area (Å²) >= 11 is 12.6. The van der Waals surface area contributed by atoms with Gasteiger partial charge in [0.25, 0.3) is 11.8 Å². The fraction of sp³-hybridized carbons (Fsp3) is 0.188. The van der Waals surface area contributed by atoms with Crippen molar-refractivity contribution in [1.82, 2.24) is 15.2 Å². The molecule has 12 nitrogen and oxygen atoms in total. The third-order valence-electron chi connectivity index (χ3n) is 7.72. The lowest BCUT2D eigenvalue weighted by Gasteiger charge is -2.27. The molecule has 2 aliphatic rings. The van der Waals surface area contributed by atoms with Crippen LogP contribution in [0.25, 0.3) is 10.9 Å². The number of methoxy groups -OCH3 is 2. The second-order valence-electron chi connectivity index (χ2n) is 10.5. The van der Waals surface area contributed by atoms with E-state index in [0.29, 0.717) is 37.9 Å². The summed E-state index contributed by atoms with van der Waals surface area (Å²) in [5, 5.41) is 16.1. The predicted octanol–water partition coefficient (Wildman–Crippen LogP) is 5.29. The molecule has 0 bridgehead atoms. The van der Waals surface area contributed by atoms with E-state index in [1.54, 1.807) is 18.2 Å². The van der Waals surface area contributed by atoms with Gasteiger partial charge in [-0.2, -0.15) is 5.26 Å². The van der Waals surface area contributed by atoms with E-state index >= 15 is 4.39 Å². The number of nitriles is 1. The third kappa shape index (κ3) is 5.62. The number of halogens is 3. The standard InChI is InChI=1S/C32H22Cl2FN5O7/c1-45-24-10-22(18(33)8-19(24)34)38-29-15(11-36)12-37-21-9-26(25(46-2)7-16(21)29)47-13-14-5-17-28(20(35)6-14)32(44)40(31(17)43)23-3-4-27(41)39-30(23)42/h5-10,12,23H,3-4,13H2,1-2H3,(H,37,38)(H,39,41,42). The molecule has 238 valence electrons. The van der Waals surface area contributed by atoms with E-state index in [1.165, 1.54) is 32.5 Å². The molecule has 1 fully saturated rings. The highest BCUT2D eigenvalue weighted by Gasteiger charge is 2.46. The van der Waals surface area contributed by atoms with Gasteiger partial charge in [0.1, 0.15) is 30.3 Å². The molecule has 1 unspecified atom stereocenters. The molecule has 0 aliphatic carbocycles. The zero-order valence-electron chi connectivity index (χ0n) is 24.6. The molecule has 3 heterocycles. The van der Waals surface area contributed by atoms with Crippen molar-refractivity contribution < 1.29 is 37.8 Å². The quantitative estimate of drug-likeness (QED) is 0.234. The van der Waals surface area contributed by atoms with Crippen LogP contribution in [0, 0.1) is 17.1 Å². The molecular weight excluding hydrogens is 656 g/mol. The molecule has 15 heteroatoms. The van der Waals surface area contributed by atoms with E-state index in [2.05, 4.69) is 21.7 Å². The predicted molar refractivity (Wildman–Crippen MR) is 167 cm³/mol. The van der Waals surface area contributed by atoms with Crippen LogP contribution in [0.1, 0.15) is 44.7 Å². The van der Waals surface area contributed by atoms with Crippen LogP contribution in [0.3, 0.4) is 0 Å². The molecule has 2 aliphatic heterocycles. The third-order valence-corrected chi connectivity index (χ3v) is 8.33. The number of pyridine rings is 1. The average Bonchev–Trinajstić information content (AvgIpc) is 3.30. The minimum atomic E-state index is -1.23. The van der Waals surface area contributed by atoms with E-state index < -0.39 is 41.1 Å². The molecule has 0 radical (unpaired) electrons. The van der Waals surface area contributed by atoms with Crippen LogP contribution in [-0.2, 0) is 16.2 Å². The highest BCUT2D eigenvalue weighted by atomic mass is 35.5. The Morgan fingerprint density at radius 2 is 1.79 bits per heavy atom. The highest BCUT2D eigenvalue weighted by molar-refractivity contribution is 6.37. The zero-order chi connectivity index (χ0) is 33.6. The number of ether oxygens (including phenoxy) is 3. The number of anilines is 2. The molecule has 1 atom stereocenters. The summed E-state index contributed by atoms with van der Waals surface area (Å²) in [5.41, 5.74) is 0.941. The molecular formula is C32H22Cl2FN5O7. The van der Waals surface area contributed by atoms with Crippen LogP contribution in [-0.4, -0.2) is 53.8 Å². The number of fused-ring (bicyclic) bond motifs is 2. The lowest BCUT2D eigenvalue weighted by molar-refractivity contribution is -0.136. The molecule has 47 heavy (non-hydrogen) atoms. The largest absolute Gasteiger partial charge is 0.495 e. The van der Waals surface area contributed by atoms with Crippen molar-refractivity contribution >= 4 is 69.1 Å². The minimum Gasteiger partial charge on any atom is -0.495 e. The maximum absolute atomic E-state index is 15.2. The molecule has 1 saturated heterocycles. The fourth-order valence-electron chi connectivity index (χ4n) is 5.46. The topological polar surface area (TPSA) is 160 Å². The van der Waals surface area contributed by atoms with Crippen LogP contribution in [0.4, 0.5) is 15.8 Å². The summed E-state index contributed by atoms with van der Waals surface area (Å²) in [7, 11) is 2.87. The van der Waals surface area contributed by atoms with Crippen LogP contribution in [0.15, 0.2) is 42.6 Å². The Kier molecular flexibility index (Phi) is 8.31. The maximum Gasteiger partial charge on any atom is 0.265 e. The number of aromatic nitrogens is 1. The summed E-state index contributed by atoms with van der Waals surface area (Å²) in [6.07, 6.45) is 1.25. The van der Waals surface area contributed by atoms with Gasteiger partial charge in [-0.15, -0.1) is 0 Å². The van der Waals surface area contributed by atoms with Crippen molar-refractivity contribution in [1.29, 1.82) is 5.26 Å². The van der Waals surface area contributed by atoms with E-state index in [1.807, 2.05) is 0 Å². The fourth-order valence-corrected chi connectivity index (χ4v) is 5.96. The van der Waals surface area contributed by atoms with Crippen molar-refractivity contribution in [2.45, 2.75) is 25.5 Å². The number of piperidine rings is 1. The lowest BCUT2D eigenvalue weighted by atomic mass is 10.0. The van der Waals surface area contributed by atoms with Crippen LogP contribution >= 0.6 is 23.2 Å². The first kappa shape index (κ1) is 31.5. The summed E-state index contributed by atoms with van der Waals surface area (Å²) < 4.78 is 32.1. The first-order chi connectivity index (χ1) is 22.5. The van der Waals surface area contributed by atoms with Crippen molar-refractivity contribution in [2.24, 2.45) is 0 Å². The maximum atomic E-state index is 15.2. The number of hydrogen-bond acceptors (Lipinski definition) is 10. The number of imide groups is 2. The minimum absolute atomic E-state index is 0.0580. The number of benzene rings is 3. The molecule has 0 saturated carbocycles. The molecule has 1 aromatic heterocycles. The van der Waals surface area contributed by atoms with Gasteiger partial charge in [-0.25, -0.2) is 4.39 Å².